The van der Waals surface area contributed by atoms with Gasteiger partial charge in [0.25, 0.3) is 0 Å². The molecule has 5 heteroatoms. The molecular weight excluding hydrogens is 273 g/mol. The predicted octanol–water partition coefficient (Wildman–Crippen LogP) is 3.17. The summed E-state index contributed by atoms with van der Waals surface area (Å²) in [6.07, 6.45) is 1.04. The first-order valence-corrected chi connectivity index (χ1v) is 8.09. The van der Waals surface area contributed by atoms with Gasteiger partial charge in [-0.25, -0.2) is 4.57 Å². The first-order chi connectivity index (χ1) is 9.58. The van der Waals surface area contributed by atoms with Crippen LogP contribution in [0, 0.1) is 0 Å². The molecule has 0 aliphatic heterocycles. The van der Waals surface area contributed by atoms with Gasteiger partial charge in [0.2, 0.25) is 0 Å². The zero-order valence-corrected chi connectivity index (χ0v) is 11.9. The molecule has 4 nitrogen and oxygen atoms in total. The lowest BCUT2D eigenvalue weighted by Gasteiger charge is -2.19. The highest BCUT2D eigenvalue weighted by Gasteiger charge is 2.30. The molecular formula is C15H18NO3P. The smallest absolute Gasteiger partial charge is 0.393 e. The van der Waals surface area contributed by atoms with Crippen LogP contribution in [-0.4, -0.2) is 10.7 Å². The zero-order valence-electron chi connectivity index (χ0n) is 11.1. The van der Waals surface area contributed by atoms with Crippen molar-refractivity contribution in [2.45, 2.75) is 18.6 Å². The second-order valence-corrected chi connectivity index (χ2v) is 6.53. The van der Waals surface area contributed by atoms with Crippen LogP contribution < -0.4 is 10.3 Å². The summed E-state index contributed by atoms with van der Waals surface area (Å²) in [6.45, 7) is 0. The number of hydrogen-bond acceptors (Lipinski definition) is 3. The van der Waals surface area contributed by atoms with E-state index >= 15 is 0 Å². The monoisotopic (exact) mass is 291 g/mol. The standard InChI is InChI=1S/C15H18NO3P/c16-15(12-11-13-7-3-1-4-8-13)20(17,18)19-14-9-5-2-6-10-14/h1-10,15H,11-12,16H2,(H,17,18). The predicted molar refractivity (Wildman–Crippen MR) is 79.6 cm³/mol. The second-order valence-electron chi connectivity index (χ2n) is 4.56. The number of aryl methyl sites for hydroxylation is 1. The third kappa shape index (κ3) is 4.20. The van der Waals surface area contributed by atoms with E-state index in [0.29, 0.717) is 18.6 Å². The molecule has 0 saturated heterocycles. The van der Waals surface area contributed by atoms with E-state index in [9.17, 15) is 9.46 Å². The van der Waals surface area contributed by atoms with Gasteiger partial charge in [-0.1, -0.05) is 48.5 Å². The molecule has 0 spiro atoms. The topological polar surface area (TPSA) is 72.6 Å². The number of benzene rings is 2. The molecule has 20 heavy (non-hydrogen) atoms. The lowest BCUT2D eigenvalue weighted by molar-refractivity contribution is 0.362. The van der Waals surface area contributed by atoms with Gasteiger partial charge >= 0.3 is 7.60 Å². The number of nitrogens with two attached hydrogens (primary N) is 1. The molecule has 2 aromatic rings. The largest absolute Gasteiger partial charge is 0.423 e. The minimum atomic E-state index is -3.86. The Bertz CT molecular complexity index is 574. The average molecular weight is 291 g/mol. The van der Waals surface area contributed by atoms with Crippen LogP contribution in [0.2, 0.25) is 0 Å². The Morgan fingerprint density at radius 3 is 2.20 bits per heavy atom. The van der Waals surface area contributed by atoms with E-state index in [4.69, 9.17) is 10.3 Å². The van der Waals surface area contributed by atoms with Crippen LogP contribution in [-0.2, 0) is 11.0 Å². The Balaban J connectivity index is 1.93. The highest BCUT2D eigenvalue weighted by atomic mass is 31.2. The maximum atomic E-state index is 12.1. The number of rotatable bonds is 6. The van der Waals surface area contributed by atoms with E-state index in [1.807, 2.05) is 36.4 Å². The van der Waals surface area contributed by atoms with E-state index in [-0.39, 0.29) is 0 Å². The van der Waals surface area contributed by atoms with Gasteiger partial charge in [0.15, 0.2) is 0 Å². The van der Waals surface area contributed by atoms with E-state index in [0.717, 1.165) is 5.56 Å². The van der Waals surface area contributed by atoms with E-state index in [1.54, 1.807) is 24.3 Å². The molecule has 2 unspecified atom stereocenters. The van der Waals surface area contributed by atoms with Gasteiger partial charge in [-0.05, 0) is 30.5 Å². The van der Waals surface area contributed by atoms with Crippen molar-refractivity contribution in [3.63, 3.8) is 0 Å². The van der Waals surface area contributed by atoms with Crippen molar-refractivity contribution in [3.8, 4) is 5.75 Å². The molecule has 0 aliphatic rings. The molecule has 0 aliphatic carbocycles. The van der Waals surface area contributed by atoms with E-state index < -0.39 is 13.4 Å². The minimum Gasteiger partial charge on any atom is -0.423 e. The van der Waals surface area contributed by atoms with Gasteiger partial charge in [-0.2, -0.15) is 0 Å². The van der Waals surface area contributed by atoms with Crippen molar-refractivity contribution in [1.82, 2.24) is 0 Å². The van der Waals surface area contributed by atoms with Gasteiger partial charge in [0.05, 0.1) is 0 Å². The second kappa shape index (κ2) is 6.71. The maximum absolute atomic E-state index is 12.1. The summed E-state index contributed by atoms with van der Waals surface area (Å²) < 4.78 is 17.3. The molecule has 0 saturated carbocycles. The van der Waals surface area contributed by atoms with Crippen molar-refractivity contribution in [3.05, 3.63) is 66.2 Å². The summed E-state index contributed by atoms with van der Waals surface area (Å²) in [7, 11) is -3.86. The van der Waals surface area contributed by atoms with Crippen molar-refractivity contribution >= 4 is 7.60 Å². The van der Waals surface area contributed by atoms with Crippen molar-refractivity contribution in [1.29, 1.82) is 0 Å². The normalized spacial score (nSPS) is 15.3. The van der Waals surface area contributed by atoms with Gasteiger partial charge in [0, 0.05) is 0 Å². The molecule has 0 radical (unpaired) electrons. The van der Waals surface area contributed by atoms with Gasteiger partial charge in [-0.15, -0.1) is 0 Å². The summed E-state index contributed by atoms with van der Waals surface area (Å²) in [5.41, 5.74) is 6.89. The molecule has 0 bridgehead atoms. The lowest BCUT2D eigenvalue weighted by atomic mass is 10.1. The molecule has 0 heterocycles. The minimum absolute atomic E-state index is 0.355. The Morgan fingerprint density at radius 1 is 1.05 bits per heavy atom. The Hall–Kier alpha value is -1.61. The Labute approximate surface area is 118 Å². The number of para-hydroxylation sites is 1. The summed E-state index contributed by atoms with van der Waals surface area (Å²) in [6, 6.07) is 18.3. The van der Waals surface area contributed by atoms with Gasteiger partial charge < -0.3 is 15.2 Å². The molecule has 0 fully saturated rings. The van der Waals surface area contributed by atoms with Crippen LogP contribution in [0.1, 0.15) is 12.0 Å². The zero-order chi connectivity index (χ0) is 14.4. The SMILES string of the molecule is NC(CCc1ccccc1)P(=O)(O)Oc1ccccc1. The lowest BCUT2D eigenvalue weighted by Crippen LogP contribution is -2.23. The van der Waals surface area contributed by atoms with Crippen molar-refractivity contribution in [2.75, 3.05) is 0 Å². The summed E-state index contributed by atoms with van der Waals surface area (Å²) in [5.74, 6) is -0.545. The summed E-state index contributed by atoms with van der Waals surface area (Å²) in [4.78, 5) is 9.92. The van der Waals surface area contributed by atoms with Crippen LogP contribution >= 0.6 is 7.60 Å². The van der Waals surface area contributed by atoms with Crippen molar-refractivity contribution in [2.24, 2.45) is 5.73 Å². The van der Waals surface area contributed by atoms with E-state index in [1.165, 1.54) is 0 Å². The molecule has 3 N–H and O–H groups in total. The third-order valence-corrected chi connectivity index (χ3v) is 4.54. The van der Waals surface area contributed by atoms with Crippen LogP contribution in [0.5, 0.6) is 5.75 Å². The highest BCUT2D eigenvalue weighted by molar-refractivity contribution is 7.53. The van der Waals surface area contributed by atoms with E-state index in [2.05, 4.69) is 0 Å². The first-order valence-electron chi connectivity index (χ1n) is 6.44. The Kier molecular flexibility index (Phi) is 4.96. The van der Waals surface area contributed by atoms with Crippen LogP contribution in [0.3, 0.4) is 0 Å². The average Bonchev–Trinajstić information content (AvgIpc) is 2.46. The quantitative estimate of drug-likeness (QED) is 0.802. The molecule has 2 atom stereocenters. The maximum Gasteiger partial charge on any atom is 0.393 e. The van der Waals surface area contributed by atoms with Gasteiger partial charge in [-0.3, -0.25) is 0 Å². The number of hydrogen-bond donors (Lipinski definition) is 2. The molecule has 106 valence electrons. The molecule has 0 aromatic heterocycles. The van der Waals surface area contributed by atoms with Gasteiger partial charge in [0.1, 0.15) is 11.5 Å². The van der Waals surface area contributed by atoms with Crippen molar-refractivity contribution < 1.29 is 14.0 Å². The summed E-state index contributed by atoms with van der Waals surface area (Å²) >= 11 is 0. The van der Waals surface area contributed by atoms with Crippen LogP contribution in [0.4, 0.5) is 0 Å². The fraction of sp³-hybridized carbons (Fsp3) is 0.200. The fourth-order valence-corrected chi connectivity index (χ4v) is 2.84. The third-order valence-electron chi connectivity index (χ3n) is 2.97. The Morgan fingerprint density at radius 2 is 1.60 bits per heavy atom. The fourth-order valence-electron chi connectivity index (χ4n) is 1.82. The van der Waals surface area contributed by atoms with Crippen LogP contribution in [0.25, 0.3) is 0 Å². The highest BCUT2D eigenvalue weighted by Crippen LogP contribution is 2.46. The van der Waals surface area contributed by atoms with Crippen LogP contribution in [0.15, 0.2) is 60.7 Å². The molecule has 2 aromatic carbocycles. The molecule has 0 amide bonds. The first kappa shape index (κ1) is 14.8. The molecule has 2 rings (SSSR count). The summed E-state index contributed by atoms with van der Waals surface area (Å²) in [5, 5.41) is 0.